The van der Waals surface area contributed by atoms with E-state index in [1.54, 1.807) is 11.3 Å². The van der Waals surface area contributed by atoms with Gasteiger partial charge in [-0.1, -0.05) is 0 Å². The zero-order valence-corrected chi connectivity index (χ0v) is 9.90. The van der Waals surface area contributed by atoms with Crippen LogP contribution in [0, 0.1) is 0 Å². The second kappa shape index (κ2) is 4.00. The molecule has 5 heteroatoms. The second-order valence-corrected chi connectivity index (χ2v) is 5.91. The molecule has 76 valence electrons. The Morgan fingerprint density at radius 2 is 2.36 bits per heavy atom. The van der Waals surface area contributed by atoms with Crippen molar-refractivity contribution in [1.82, 2.24) is 5.32 Å². The summed E-state index contributed by atoms with van der Waals surface area (Å²) in [5.41, 5.74) is 5.34. The first-order chi connectivity index (χ1) is 6.66. The summed E-state index contributed by atoms with van der Waals surface area (Å²) in [6.45, 7) is 0. The van der Waals surface area contributed by atoms with Gasteiger partial charge in [0.05, 0.1) is 3.79 Å². The third-order valence-electron chi connectivity index (χ3n) is 2.14. The molecular weight excluding hydrogens is 264 g/mol. The Kier molecular flexibility index (Phi) is 2.90. The maximum Gasteiger partial charge on any atom is 0.240 e. The molecule has 0 saturated heterocycles. The topological polar surface area (TPSA) is 55.1 Å². The average Bonchev–Trinajstić information content (AvgIpc) is 2.84. The second-order valence-electron chi connectivity index (χ2n) is 3.42. The van der Waals surface area contributed by atoms with Gasteiger partial charge < -0.3 is 5.73 Å². The van der Waals surface area contributed by atoms with Crippen molar-refractivity contribution in [1.29, 1.82) is 0 Å². The molecule has 0 spiro atoms. The highest BCUT2D eigenvalue weighted by molar-refractivity contribution is 9.11. The first-order valence-electron chi connectivity index (χ1n) is 4.47. The van der Waals surface area contributed by atoms with Crippen molar-refractivity contribution in [2.75, 3.05) is 0 Å². The lowest BCUT2D eigenvalue weighted by Crippen LogP contribution is -2.34. The number of hydrogen-bond donors (Lipinski definition) is 2. The zero-order valence-electron chi connectivity index (χ0n) is 7.50. The summed E-state index contributed by atoms with van der Waals surface area (Å²) in [6, 6.07) is 4.02. The van der Waals surface area contributed by atoms with Crippen LogP contribution >= 0.6 is 27.3 Å². The van der Waals surface area contributed by atoms with Gasteiger partial charge in [0, 0.05) is 10.9 Å². The number of primary amides is 1. The number of nitrogens with one attached hydrogen (secondary N) is 1. The highest BCUT2D eigenvalue weighted by Crippen LogP contribution is 2.30. The van der Waals surface area contributed by atoms with Gasteiger partial charge in [-0.3, -0.25) is 10.1 Å². The number of nitrogens with two attached hydrogens (primary N) is 1. The molecule has 0 aromatic carbocycles. The first kappa shape index (κ1) is 10.1. The van der Waals surface area contributed by atoms with E-state index in [0.29, 0.717) is 6.04 Å². The molecule has 0 radical (unpaired) electrons. The molecule has 1 amide bonds. The van der Waals surface area contributed by atoms with E-state index in [1.807, 2.05) is 12.1 Å². The molecule has 1 atom stereocenters. The van der Waals surface area contributed by atoms with Crippen molar-refractivity contribution >= 4 is 33.2 Å². The number of rotatable bonds is 4. The number of hydrogen-bond acceptors (Lipinski definition) is 3. The Morgan fingerprint density at radius 1 is 1.64 bits per heavy atom. The van der Waals surface area contributed by atoms with Crippen molar-refractivity contribution in [2.45, 2.75) is 24.9 Å². The highest BCUT2D eigenvalue weighted by atomic mass is 79.9. The molecule has 1 unspecified atom stereocenters. The van der Waals surface area contributed by atoms with E-state index in [1.165, 1.54) is 0 Å². The predicted molar refractivity (Wildman–Crippen MR) is 60.1 cm³/mol. The predicted octanol–water partition coefficient (Wildman–Crippen LogP) is 1.79. The van der Waals surface area contributed by atoms with E-state index in [2.05, 4.69) is 21.2 Å². The monoisotopic (exact) mass is 274 g/mol. The lowest BCUT2D eigenvalue weighted by atomic mass is 10.2. The summed E-state index contributed by atoms with van der Waals surface area (Å²) in [5, 5.41) is 3.24. The van der Waals surface area contributed by atoms with Crippen LogP contribution in [-0.2, 0) is 4.79 Å². The van der Waals surface area contributed by atoms with Crippen molar-refractivity contribution in [3.63, 3.8) is 0 Å². The number of carbonyl (C=O) groups excluding carboxylic acids is 1. The number of thiophene rings is 1. The van der Waals surface area contributed by atoms with Crippen molar-refractivity contribution in [2.24, 2.45) is 5.73 Å². The molecule has 2 rings (SSSR count). The lowest BCUT2D eigenvalue weighted by molar-refractivity contribution is -0.120. The molecule has 3 N–H and O–H groups in total. The van der Waals surface area contributed by atoms with Crippen LogP contribution in [0.4, 0.5) is 0 Å². The molecule has 0 aliphatic heterocycles. The molecule has 1 saturated carbocycles. The smallest absolute Gasteiger partial charge is 0.240 e. The summed E-state index contributed by atoms with van der Waals surface area (Å²) in [6.07, 6.45) is 2.30. The molecule has 1 aliphatic carbocycles. The van der Waals surface area contributed by atoms with Gasteiger partial charge in [0.25, 0.3) is 0 Å². The number of carbonyl (C=O) groups is 1. The third-order valence-corrected chi connectivity index (χ3v) is 3.83. The average molecular weight is 275 g/mol. The molecule has 1 aromatic heterocycles. The van der Waals surface area contributed by atoms with Crippen LogP contribution in [0.15, 0.2) is 15.9 Å². The largest absolute Gasteiger partial charge is 0.368 e. The standard InChI is InChI=1S/C9H11BrN2OS/c10-7-4-3-6(14-7)8(9(11)13)12-5-1-2-5/h3-5,8,12H,1-2H2,(H2,11,13). The Balaban J connectivity index is 2.12. The molecule has 1 fully saturated rings. The van der Waals surface area contributed by atoms with Crippen LogP contribution < -0.4 is 11.1 Å². The number of halogens is 1. The third kappa shape index (κ3) is 2.34. The van der Waals surface area contributed by atoms with Gasteiger partial charge >= 0.3 is 0 Å². The fourth-order valence-corrected chi connectivity index (χ4v) is 2.77. The van der Waals surface area contributed by atoms with Gasteiger partial charge in [-0.15, -0.1) is 11.3 Å². The van der Waals surface area contributed by atoms with Gasteiger partial charge in [-0.2, -0.15) is 0 Å². The maximum atomic E-state index is 11.2. The van der Waals surface area contributed by atoms with Crippen molar-refractivity contribution in [3.8, 4) is 0 Å². The minimum absolute atomic E-state index is 0.300. The number of amides is 1. The zero-order chi connectivity index (χ0) is 10.1. The van der Waals surface area contributed by atoms with Gasteiger partial charge in [0.1, 0.15) is 6.04 Å². The summed E-state index contributed by atoms with van der Waals surface area (Å²) >= 11 is 4.92. The van der Waals surface area contributed by atoms with E-state index in [9.17, 15) is 4.79 Å². The molecule has 14 heavy (non-hydrogen) atoms. The van der Waals surface area contributed by atoms with Crippen LogP contribution in [0.3, 0.4) is 0 Å². The highest BCUT2D eigenvalue weighted by Gasteiger charge is 2.28. The maximum absolute atomic E-state index is 11.2. The summed E-state index contributed by atoms with van der Waals surface area (Å²) in [5.74, 6) is -0.300. The van der Waals surface area contributed by atoms with Crippen molar-refractivity contribution < 1.29 is 4.79 Å². The van der Waals surface area contributed by atoms with Crippen molar-refractivity contribution in [3.05, 3.63) is 20.8 Å². The van der Waals surface area contributed by atoms with Gasteiger partial charge in [-0.25, -0.2) is 0 Å². The minimum Gasteiger partial charge on any atom is -0.368 e. The SMILES string of the molecule is NC(=O)C(NC1CC1)c1ccc(Br)s1. The molecular formula is C9H11BrN2OS. The Bertz CT molecular complexity index is 348. The van der Waals surface area contributed by atoms with E-state index >= 15 is 0 Å². The van der Waals surface area contributed by atoms with Crippen LogP contribution in [-0.4, -0.2) is 11.9 Å². The van der Waals surface area contributed by atoms with E-state index in [0.717, 1.165) is 21.5 Å². The molecule has 0 bridgehead atoms. The van der Waals surface area contributed by atoms with Gasteiger partial charge in [0.2, 0.25) is 5.91 Å². The Labute approximate surface area is 94.8 Å². The van der Waals surface area contributed by atoms with E-state index in [4.69, 9.17) is 5.73 Å². The van der Waals surface area contributed by atoms with Crippen LogP contribution in [0.5, 0.6) is 0 Å². The minimum atomic E-state index is -0.321. The summed E-state index contributed by atoms with van der Waals surface area (Å²) in [4.78, 5) is 12.2. The molecule has 1 heterocycles. The Hall–Kier alpha value is -0.390. The molecule has 1 aliphatic rings. The Morgan fingerprint density at radius 3 is 2.79 bits per heavy atom. The van der Waals surface area contributed by atoms with E-state index in [-0.39, 0.29) is 11.9 Å². The fraction of sp³-hybridized carbons (Fsp3) is 0.444. The summed E-state index contributed by atoms with van der Waals surface area (Å²) in [7, 11) is 0. The first-order valence-corrected chi connectivity index (χ1v) is 6.08. The normalized spacial score (nSPS) is 18.1. The quantitative estimate of drug-likeness (QED) is 0.880. The summed E-state index contributed by atoms with van der Waals surface area (Å²) < 4.78 is 1.02. The van der Waals surface area contributed by atoms with E-state index < -0.39 is 0 Å². The van der Waals surface area contributed by atoms with Crippen LogP contribution in [0.25, 0.3) is 0 Å². The van der Waals surface area contributed by atoms with Crippen LogP contribution in [0.1, 0.15) is 23.8 Å². The fourth-order valence-electron chi connectivity index (χ4n) is 1.27. The van der Waals surface area contributed by atoms with Crippen LogP contribution in [0.2, 0.25) is 0 Å². The lowest BCUT2D eigenvalue weighted by Gasteiger charge is -2.12. The molecule has 1 aromatic rings. The molecule has 3 nitrogen and oxygen atoms in total. The van der Waals surface area contributed by atoms with Gasteiger partial charge in [0.15, 0.2) is 0 Å². The van der Waals surface area contributed by atoms with Gasteiger partial charge in [-0.05, 0) is 40.9 Å².